The first kappa shape index (κ1) is 52.0. The number of pyridine rings is 1. The molecule has 6 nitrogen and oxygen atoms in total. The van der Waals surface area contributed by atoms with Crippen molar-refractivity contribution in [3.8, 4) is 73.2 Å². The second kappa shape index (κ2) is 22.3. The van der Waals surface area contributed by atoms with Crippen LogP contribution in [0.15, 0.2) is 267 Å². The molecule has 15 aromatic rings. The molecule has 0 saturated carbocycles. The fourth-order valence-electron chi connectivity index (χ4n) is 13.1. The third-order valence-electron chi connectivity index (χ3n) is 17.8. The van der Waals surface area contributed by atoms with Crippen molar-refractivity contribution in [1.82, 2.24) is 23.1 Å². The Kier molecular flexibility index (Phi) is 12.7. The van der Waals surface area contributed by atoms with Crippen LogP contribution in [-0.4, -0.2) is 23.1 Å². The summed E-state index contributed by atoms with van der Waals surface area (Å²) in [4.78, 5) is 5.00. The van der Waals surface area contributed by atoms with Crippen molar-refractivity contribution in [3.05, 3.63) is 287 Å². The molecule has 15 rings (SSSR count). The van der Waals surface area contributed by atoms with E-state index in [-0.39, 0.29) is 33.9 Å². The van der Waals surface area contributed by atoms with E-state index in [0.29, 0.717) is 22.7 Å². The summed E-state index contributed by atoms with van der Waals surface area (Å²) in [5, 5.41) is 4.13. The molecule has 11 aromatic carbocycles. The molecule has 448 valence electrons. The van der Waals surface area contributed by atoms with Gasteiger partial charge in [-0.2, -0.15) is 0 Å². The molecular formula is C84H71N5OPt. The molecule has 0 aliphatic heterocycles. The molecule has 0 radical (unpaired) electrons. The molecule has 0 spiro atoms. The number of aromatic nitrogens is 5. The zero-order chi connectivity index (χ0) is 66.9. The standard InChI is InChI=1S/C84H71N5O.Pt/c1-82(2,3)61-43-44-85-79(51-61)89-74-37-22-19-31-69(74)71-41-39-65(52-77(71)89)90-66-40-42-75-78(53-66)87-54-86(80-67(57-29-17-12-18-30-57)33-23-34-68(80)60-46-62(83(4,5)6)50-63(47-60)84(7,8)9)76-38-24-35-72(81(76)87)70-32-20-21-36-73(70)88(75)64-48-58(55-25-13-10-14-26-55)45-59(49-64)56-27-15-11-16-28-56;/h10-53H,1-9H3;/i12D,17D,18D,29D,30D;. The number of rotatable bonds is 9. The molecule has 0 bridgehead atoms. The van der Waals surface area contributed by atoms with E-state index >= 15 is 0 Å². The molecule has 0 atom stereocenters. The molecule has 0 amide bonds. The van der Waals surface area contributed by atoms with Crippen molar-refractivity contribution in [2.24, 2.45) is 0 Å². The van der Waals surface area contributed by atoms with E-state index in [2.05, 4.69) is 318 Å². The van der Waals surface area contributed by atoms with Gasteiger partial charge in [0.05, 0.1) is 0 Å². The Bertz CT molecular complexity index is 5660. The third-order valence-corrected chi connectivity index (χ3v) is 18.8. The van der Waals surface area contributed by atoms with E-state index in [1.807, 2.05) is 18.3 Å². The van der Waals surface area contributed by atoms with Crippen LogP contribution in [0.25, 0.3) is 122 Å². The van der Waals surface area contributed by atoms with Gasteiger partial charge in [0.2, 0.25) is 0 Å². The monoisotopic (exact) mass is 1370 g/mol. The minimum atomic E-state index is -0.450. The summed E-state index contributed by atoms with van der Waals surface area (Å²) in [6.45, 7) is 20.1. The van der Waals surface area contributed by atoms with Crippen molar-refractivity contribution < 1.29 is 30.9 Å². The Balaban J connectivity index is 1.09. The molecular weight excluding hydrogens is 1290 g/mol. The summed E-state index contributed by atoms with van der Waals surface area (Å²) in [5.41, 5.74) is 17.5. The average Bonchev–Trinajstić information content (AvgIpc) is 1.40. The van der Waals surface area contributed by atoms with Crippen molar-refractivity contribution in [1.29, 1.82) is 0 Å². The first-order valence-electron chi connectivity index (χ1n) is 33.6. The quantitative estimate of drug-likeness (QED) is 0.145. The van der Waals surface area contributed by atoms with Crippen molar-refractivity contribution in [2.75, 3.05) is 0 Å². The minimum absolute atomic E-state index is 0.102. The zero-order valence-electron chi connectivity index (χ0n) is 57.5. The summed E-state index contributed by atoms with van der Waals surface area (Å²) < 4.78 is 63.7. The molecule has 7 heteroatoms. The zero-order valence-corrected chi connectivity index (χ0v) is 54.7. The number of ether oxygens (including phenoxy) is 1. The first-order chi connectivity index (χ1) is 46.0. The van der Waals surface area contributed by atoms with Crippen LogP contribution >= 0.6 is 0 Å². The van der Waals surface area contributed by atoms with E-state index in [1.165, 1.54) is 5.56 Å². The fourth-order valence-corrected chi connectivity index (χ4v) is 14.1. The van der Waals surface area contributed by atoms with Crippen LogP contribution in [0, 0.1) is 3.80 Å². The predicted octanol–water partition coefficient (Wildman–Crippen LogP) is 22.5. The van der Waals surface area contributed by atoms with E-state index in [1.54, 1.807) is 0 Å². The fraction of sp³-hybridized carbons (Fsp3) is 0.143. The van der Waals surface area contributed by atoms with Gasteiger partial charge in [0, 0.05) is 6.20 Å². The molecule has 4 heterocycles. The topological polar surface area (TPSA) is 41.3 Å². The molecule has 0 N–H and O–H groups in total. The maximum atomic E-state index is 9.68. The van der Waals surface area contributed by atoms with Gasteiger partial charge in [-0.25, -0.2) is 0 Å². The molecule has 0 unspecified atom stereocenters. The van der Waals surface area contributed by atoms with Gasteiger partial charge < -0.3 is 0 Å². The Labute approximate surface area is 550 Å². The van der Waals surface area contributed by atoms with Gasteiger partial charge >= 0.3 is 497 Å². The predicted molar refractivity (Wildman–Crippen MR) is 377 cm³/mol. The number of hydrogen-bond acceptors (Lipinski definition) is 2. The van der Waals surface area contributed by atoms with Crippen molar-refractivity contribution in [3.63, 3.8) is 0 Å². The first-order valence-corrected chi connectivity index (χ1v) is 32.2. The molecule has 4 aromatic heterocycles. The SMILES string of the molecule is [2H]c1c([2H])c([2H])c(-c2cccc(-c3cc(C(C)(C)C)cc(C(C)(C)C)c3)c2-n2[c](=[Pt])n3c4cc(Oc5ccc6c7ccccc7n(-c7cc(C(C)(C)C)ccn7)c6c5)ccc4n(-c4cc(-c5ccccc5)cc(-c5ccccc5)c4)c4ccccc4c4cccc2c43)c([2H])c1[2H]. The Morgan fingerprint density at radius 3 is 1.54 bits per heavy atom. The Hall–Kier alpha value is -9.87. The van der Waals surface area contributed by atoms with Gasteiger partial charge in [0.15, 0.2) is 0 Å². The average molecular weight is 1370 g/mol. The van der Waals surface area contributed by atoms with E-state index in [4.69, 9.17) is 13.8 Å². The molecule has 0 aliphatic carbocycles. The molecule has 0 saturated heterocycles. The van der Waals surface area contributed by atoms with Gasteiger partial charge in [-0.1, -0.05) is 32.9 Å². The maximum absolute atomic E-state index is 9.68. The van der Waals surface area contributed by atoms with E-state index in [0.717, 1.165) is 120 Å². The molecule has 0 aliphatic rings. The summed E-state index contributed by atoms with van der Waals surface area (Å²) in [6.07, 6.45) is 1.90. The number of nitrogens with zero attached hydrogens (tertiary/aromatic N) is 5. The van der Waals surface area contributed by atoms with Crippen molar-refractivity contribution >= 4 is 60.2 Å². The summed E-state index contributed by atoms with van der Waals surface area (Å²) >= 11 is 2.47. The number of hydrogen-bond donors (Lipinski definition) is 0. The van der Waals surface area contributed by atoms with Gasteiger partial charge in [-0.15, -0.1) is 0 Å². The van der Waals surface area contributed by atoms with Crippen molar-refractivity contribution in [2.45, 2.75) is 78.6 Å². The number of fused-ring (bicyclic) bond motifs is 7. The van der Waals surface area contributed by atoms with Gasteiger partial charge in [0.1, 0.15) is 0 Å². The Morgan fingerprint density at radius 2 is 0.901 bits per heavy atom. The summed E-state index contributed by atoms with van der Waals surface area (Å²) in [7, 11) is 0. The van der Waals surface area contributed by atoms with Gasteiger partial charge in [-0.05, 0) is 17.0 Å². The van der Waals surface area contributed by atoms with Crippen LogP contribution < -0.4 is 4.74 Å². The van der Waals surface area contributed by atoms with Crippen LogP contribution in [0.5, 0.6) is 11.5 Å². The van der Waals surface area contributed by atoms with Crippen LogP contribution in [-0.2, 0) is 35.6 Å². The second-order valence-corrected chi connectivity index (χ2v) is 27.9. The van der Waals surface area contributed by atoms with E-state index in [9.17, 15) is 2.74 Å². The van der Waals surface area contributed by atoms with Crippen LogP contribution in [0.4, 0.5) is 0 Å². The molecule has 0 fully saturated rings. The summed E-state index contributed by atoms with van der Waals surface area (Å²) in [6, 6.07) is 79.5. The van der Waals surface area contributed by atoms with Crippen LogP contribution in [0.1, 0.15) is 85.9 Å². The number of benzene rings is 11. The van der Waals surface area contributed by atoms with Crippen LogP contribution in [0.3, 0.4) is 0 Å². The summed E-state index contributed by atoms with van der Waals surface area (Å²) in [5.74, 6) is 2.06. The van der Waals surface area contributed by atoms with E-state index < -0.39 is 18.1 Å². The number of imidazole rings is 1. The van der Waals surface area contributed by atoms with Gasteiger partial charge in [0.25, 0.3) is 0 Å². The second-order valence-electron chi connectivity index (χ2n) is 26.9. The van der Waals surface area contributed by atoms with Crippen LogP contribution in [0.2, 0.25) is 0 Å². The normalized spacial score (nSPS) is 13.1. The molecule has 91 heavy (non-hydrogen) atoms. The Morgan fingerprint density at radius 1 is 0.374 bits per heavy atom. The third kappa shape index (κ3) is 10.3. The van der Waals surface area contributed by atoms with Gasteiger partial charge in [-0.3, -0.25) is 0 Å². The number of para-hydroxylation sites is 4.